The molecule has 0 unspecified atom stereocenters. The third-order valence-electron chi connectivity index (χ3n) is 4.27. The molecule has 4 nitrogen and oxygen atoms in total. The van der Waals surface area contributed by atoms with Crippen LogP contribution in [-0.2, 0) is 13.0 Å². The first kappa shape index (κ1) is 15.4. The van der Waals surface area contributed by atoms with Gasteiger partial charge in [-0.3, -0.25) is 4.79 Å². The molecule has 3 aromatic rings. The molecule has 24 heavy (non-hydrogen) atoms. The van der Waals surface area contributed by atoms with Crippen molar-refractivity contribution in [2.45, 2.75) is 13.0 Å². The minimum absolute atomic E-state index is 0.0864. The van der Waals surface area contributed by atoms with E-state index in [2.05, 4.69) is 9.97 Å². The third kappa shape index (κ3) is 2.54. The molecule has 1 aliphatic rings. The molecule has 0 fully saturated rings. The van der Waals surface area contributed by atoms with Crippen LogP contribution in [0, 0.1) is 5.82 Å². The number of rotatable bonds is 1. The number of H-pyrrole nitrogens is 1. The van der Waals surface area contributed by atoms with Crippen molar-refractivity contribution in [3.63, 3.8) is 0 Å². The van der Waals surface area contributed by atoms with Gasteiger partial charge in [-0.15, -0.1) is 0 Å². The number of hydrogen-bond acceptors (Lipinski definition) is 2. The number of benzene rings is 1. The second kappa shape index (κ2) is 5.76. The highest BCUT2D eigenvalue weighted by Crippen LogP contribution is 2.29. The largest absolute Gasteiger partial charge is 0.358 e. The fourth-order valence-corrected chi connectivity index (χ4v) is 3.53. The number of halogens is 3. The summed E-state index contributed by atoms with van der Waals surface area (Å²) in [4.78, 5) is 21.6. The van der Waals surface area contributed by atoms with Gasteiger partial charge >= 0.3 is 0 Å². The zero-order valence-corrected chi connectivity index (χ0v) is 14.0. The Kier molecular flexibility index (Phi) is 3.70. The van der Waals surface area contributed by atoms with Crippen molar-refractivity contribution in [1.29, 1.82) is 0 Å². The normalized spacial score (nSPS) is 14.0. The van der Waals surface area contributed by atoms with Crippen LogP contribution < -0.4 is 0 Å². The number of carbonyl (C=O) groups is 1. The number of nitrogens with zero attached hydrogens (tertiary/aromatic N) is 2. The first-order chi connectivity index (χ1) is 11.5. The maximum absolute atomic E-state index is 13.6. The summed E-state index contributed by atoms with van der Waals surface area (Å²) in [5.74, 6) is -0.502. The van der Waals surface area contributed by atoms with E-state index in [-0.39, 0.29) is 22.0 Å². The maximum atomic E-state index is 13.6. The van der Waals surface area contributed by atoms with Gasteiger partial charge in [0.15, 0.2) is 0 Å². The number of hydrogen-bond donors (Lipinski definition) is 1. The average molecular weight is 364 g/mol. The number of aromatic nitrogens is 2. The van der Waals surface area contributed by atoms with E-state index in [1.54, 1.807) is 17.0 Å². The first-order valence-electron chi connectivity index (χ1n) is 7.43. The topological polar surface area (TPSA) is 49.0 Å². The molecule has 1 aromatic carbocycles. The molecule has 1 amide bonds. The molecule has 3 heterocycles. The minimum atomic E-state index is -0.294. The van der Waals surface area contributed by atoms with Crippen LogP contribution in [0.2, 0.25) is 10.3 Å². The first-order valence-corrected chi connectivity index (χ1v) is 8.19. The number of fused-ring (bicyclic) bond motifs is 3. The van der Waals surface area contributed by atoms with Gasteiger partial charge in [0.25, 0.3) is 5.91 Å². The predicted molar refractivity (Wildman–Crippen MR) is 91.0 cm³/mol. The summed E-state index contributed by atoms with van der Waals surface area (Å²) in [5.41, 5.74) is 3.18. The van der Waals surface area contributed by atoms with E-state index in [1.807, 2.05) is 0 Å². The molecule has 1 N–H and O–H groups in total. The van der Waals surface area contributed by atoms with Gasteiger partial charge in [-0.25, -0.2) is 9.37 Å². The molecule has 0 bridgehead atoms. The van der Waals surface area contributed by atoms with Gasteiger partial charge in [0.2, 0.25) is 0 Å². The lowest BCUT2D eigenvalue weighted by Gasteiger charge is -2.27. The summed E-state index contributed by atoms with van der Waals surface area (Å²) in [6.45, 7) is 0.955. The molecule has 0 radical (unpaired) electrons. The molecule has 4 rings (SSSR count). The molecular weight excluding hydrogens is 352 g/mol. The Labute approximate surface area is 147 Å². The summed E-state index contributed by atoms with van der Waals surface area (Å²) < 4.78 is 13.6. The molecule has 7 heteroatoms. The van der Waals surface area contributed by atoms with Crippen molar-refractivity contribution in [2.75, 3.05) is 6.54 Å². The van der Waals surface area contributed by atoms with Crippen LogP contribution in [0.15, 0.2) is 30.3 Å². The number of amides is 1. The van der Waals surface area contributed by atoms with Crippen LogP contribution in [0.4, 0.5) is 4.39 Å². The van der Waals surface area contributed by atoms with Crippen LogP contribution in [-0.4, -0.2) is 27.3 Å². The third-order valence-corrected chi connectivity index (χ3v) is 4.77. The van der Waals surface area contributed by atoms with E-state index in [1.165, 1.54) is 18.2 Å². The zero-order valence-electron chi connectivity index (χ0n) is 12.4. The van der Waals surface area contributed by atoms with Gasteiger partial charge in [-0.05, 0) is 30.3 Å². The van der Waals surface area contributed by atoms with Gasteiger partial charge in [0, 0.05) is 41.7 Å². The lowest BCUT2D eigenvalue weighted by Crippen LogP contribution is -2.36. The Hall–Kier alpha value is -2.11. The second-order valence-electron chi connectivity index (χ2n) is 5.72. The van der Waals surface area contributed by atoms with E-state index in [0.717, 1.165) is 22.2 Å². The molecule has 1 aliphatic heterocycles. The Morgan fingerprint density at radius 1 is 1.25 bits per heavy atom. The van der Waals surface area contributed by atoms with E-state index < -0.39 is 0 Å². The smallest absolute Gasteiger partial charge is 0.257 e. The highest BCUT2D eigenvalue weighted by Gasteiger charge is 2.26. The van der Waals surface area contributed by atoms with Gasteiger partial charge in [-0.1, -0.05) is 23.2 Å². The SMILES string of the molecule is O=C(c1ccc(Cl)nc1Cl)N1CCc2[nH]c3ccc(F)cc3c2C1. The number of pyridine rings is 1. The van der Waals surface area contributed by atoms with Crippen LogP contribution >= 0.6 is 23.2 Å². The molecule has 0 spiro atoms. The molecule has 0 atom stereocenters. The van der Waals surface area contributed by atoms with E-state index >= 15 is 0 Å². The number of carbonyl (C=O) groups excluding carboxylic acids is 1. The number of aromatic amines is 1. The molecule has 122 valence electrons. The van der Waals surface area contributed by atoms with Crippen molar-refractivity contribution < 1.29 is 9.18 Å². The Bertz CT molecular complexity index is 970. The lowest BCUT2D eigenvalue weighted by atomic mass is 10.0. The highest BCUT2D eigenvalue weighted by atomic mass is 35.5. The fraction of sp³-hybridized carbons (Fsp3) is 0.176. The van der Waals surface area contributed by atoms with Crippen LogP contribution in [0.1, 0.15) is 21.6 Å². The molecule has 0 aliphatic carbocycles. The van der Waals surface area contributed by atoms with E-state index in [9.17, 15) is 9.18 Å². The van der Waals surface area contributed by atoms with Crippen molar-refractivity contribution in [3.8, 4) is 0 Å². The Balaban J connectivity index is 1.69. The molecular formula is C17H12Cl2FN3O. The second-order valence-corrected chi connectivity index (χ2v) is 6.47. The van der Waals surface area contributed by atoms with Gasteiger partial charge in [-0.2, -0.15) is 0 Å². The van der Waals surface area contributed by atoms with E-state index in [0.29, 0.717) is 25.1 Å². The van der Waals surface area contributed by atoms with Gasteiger partial charge in [0.05, 0.1) is 5.56 Å². The van der Waals surface area contributed by atoms with Crippen LogP contribution in [0.5, 0.6) is 0 Å². The zero-order chi connectivity index (χ0) is 16.8. The monoisotopic (exact) mass is 363 g/mol. The van der Waals surface area contributed by atoms with Crippen molar-refractivity contribution in [2.24, 2.45) is 0 Å². The Morgan fingerprint density at radius 2 is 2.08 bits per heavy atom. The summed E-state index contributed by atoms with van der Waals surface area (Å²) in [5, 5.41) is 1.13. The quantitative estimate of drug-likeness (QED) is 0.658. The summed E-state index contributed by atoms with van der Waals surface area (Å²) in [7, 11) is 0. The lowest BCUT2D eigenvalue weighted by molar-refractivity contribution is 0.0735. The van der Waals surface area contributed by atoms with Crippen molar-refractivity contribution in [3.05, 3.63) is 63.3 Å². The highest BCUT2D eigenvalue weighted by molar-refractivity contribution is 6.34. The molecule has 2 aromatic heterocycles. The summed E-state index contributed by atoms with van der Waals surface area (Å²) >= 11 is 11.8. The van der Waals surface area contributed by atoms with Gasteiger partial charge in [0.1, 0.15) is 16.1 Å². The summed E-state index contributed by atoms with van der Waals surface area (Å²) in [6.07, 6.45) is 0.677. The molecule has 0 saturated heterocycles. The van der Waals surface area contributed by atoms with Crippen LogP contribution in [0.25, 0.3) is 10.9 Å². The molecule has 0 saturated carbocycles. The van der Waals surface area contributed by atoms with Crippen molar-refractivity contribution >= 4 is 40.0 Å². The standard InChI is InChI=1S/C17H12Cl2FN3O/c18-15-4-2-10(16(19)22-15)17(24)23-6-5-14-12(8-23)11-7-9(20)1-3-13(11)21-14/h1-4,7,21H,5-6,8H2. The fourth-order valence-electron chi connectivity index (χ4n) is 3.10. The average Bonchev–Trinajstić information content (AvgIpc) is 2.91. The van der Waals surface area contributed by atoms with Gasteiger partial charge < -0.3 is 9.88 Å². The van der Waals surface area contributed by atoms with Crippen LogP contribution in [0.3, 0.4) is 0 Å². The maximum Gasteiger partial charge on any atom is 0.257 e. The summed E-state index contributed by atoms with van der Waals surface area (Å²) in [6, 6.07) is 7.75. The number of nitrogens with one attached hydrogen (secondary N) is 1. The van der Waals surface area contributed by atoms with Crippen molar-refractivity contribution in [1.82, 2.24) is 14.9 Å². The van der Waals surface area contributed by atoms with E-state index in [4.69, 9.17) is 23.2 Å². The Morgan fingerprint density at radius 3 is 2.88 bits per heavy atom. The predicted octanol–water partition coefficient (Wildman–Crippen LogP) is 4.21. The minimum Gasteiger partial charge on any atom is -0.358 e.